The van der Waals surface area contributed by atoms with Gasteiger partial charge in [0.25, 0.3) is 5.70 Å². The van der Waals surface area contributed by atoms with Gasteiger partial charge in [0.2, 0.25) is 6.21 Å². The number of carbonyl (C=O) groups excluding carboxylic acids is 1. The van der Waals surface area contributed by atoms with Crippen LogP contribution in [0.1, 0.15) is 51.9 Å². The zero-order valence-corrected chi connectivity index (χ0v) is 12.4. The highest BCUT2D eigenvalue weighted by atomic mass is 35.5. The summed E-state index contributed by atoms with van der Waals surface area (Å²) >= 11 is 0. The van der Waals surface area contributed by atoms with E-state index in [0.717, 1.165) is 18.5 Å². The molecular formula is C15H23ClNO2. The molecule has 0 unspecified atom stereocenters. The first-order valence-electron chi connectivity index (χ1n) is 6.88. The van der Waals surface area contributed by atoms with E-state index in [1.165, 1.54) is 19.3 Å². The molecule has 0 bridgehead atoms. The van der Waals surface area contributed by atoms with E-state index in [9.17, 15) is 4.79 Å². The van der Waals surface area contributed by atoms with Gasteiger partial charge in [-0.15, -0.1) is 0 Å². The predicted octanol–water partition coefficient (Wildman–Crippen LogP) is 0.145. The van der Waals surface area contributed by atoms with E-state index in [1.54, 1.807) is 6.21 Å². The van der Waals surface area contributed by atoms with Gasteiger partial charge < -0.3 is 17.1 Å². The van der Waals surface area contributed by atoms with Crippen molar-refractivity contribution < 1.29 is 21.9 Å². The first kappa shape index (κ1) is 17.9. The Bertz CT molecular complexity index is 335. The highest BCUT2D eigenvalue weighted by Crippen LogP contribution is 2.06. The monoisotopic (exact) mass is 284 g/mol. The summed E-state index contributed by atoms with van der Waals surface area (Å²) in [4.78, 5) is 15.6. The molecule has 0 saturated heterocycles. The zero-order chi connectivity index (χ0) is 13.1. The molecule has 3 nitrogen and oxygen atoms in total. The number of hydrogen-bond donors (Lipinski definition) is 0. The van der Waals surface area contributed by atoms with Gasteiger partial charge in [0, 0.05) is 18.6 Å². The molecule has 1 aliphatic rings. The van der Waals surface area contributed by atoms with Crippen LogP contribution >= 0.6 is 0 Å². The lowest BCUT2D eigenvalue weighted by Gasteiger charge is -2.02. The standard InChI is InChI=1S/C15H23NO2.ClH/c1-2-3-4-5-6-10-15(17)18-13-11-14-9-7-8-12-16-14;/h7-9,12H,2-6,10-11,13H2,1H3;1H/q+1;/p-1. The summed E-state index contributed by atoms with van der Waals surface area (Å²) in [6.45, 7) is 2.62. The maximum absolute atomic E-state index is 11.4. The predicted molar refractivity (Wildman–Crippen MR) is 74.4 cm³/mol. The molecule has 0 atom stereocenters. The second-order valence-corrected chi connectivity index (χ2v) is 4.46. The smallest absolute Gasteiger partial charge is 0.305 e. The number of halogens is 1. The van der Waals surface area contributed by atoms with Gasteiger partial charge in [0.1, 0.15) is 6.61 Å². The maximum Gasteiger partial charge on any atom is 0.305 e. The van der Waals surface area contributed by atoms with Crippen molar-refractivity contribution in [2.24, 2.45) is 0 Å². The molecule has 107 valence electrons. The maximum atomic E-state index is 11.4. The van der Waals surface area contributed by atoms with Crippen molar-refractivity contribution in [3.05, 3.63) is 23.9 Å². The summed E-state index contributed by atoms with van der Waals surface area (Å²) < 4.78 is 5.17. The van der Waals surface area contributed by atoms with Gasteiger partial charge in [-0.2, -0.15) is 0 Å². The third-order valence-corrected chi connectivity index (χ3v) is 2.83. The first-order chi connectivity index (χ1) is 8.83. The Morgan fingerprint density at radius 3 is 2.68 bits per heavy atom. The summed E-state index contributed by atoms with van der Waals surface area (Å²) in [5.41, 5.74) is 0.966. The Hall–Kier alpha value is -1.09. The molecule has 4 heteroatoms. The minimum absolute atomic E-state index is 0. The molecule has 0 spiro atoms. The highest BCUT2D eigenvalue weighted by Gasteiger charge is 2.09. The number of hydrogen-bond acceptors (Lipinski definition) is 3. The molecule has 19 heavy (non-hydrogen) atoms. The number of rotatable bonds is 9. The fourth-order valence-corrected chi connectivity index (χ4v) is 1.76. The largest absolute Gasteiger partial charge is 1.00 e. The van der Waals surface area contributed by atoms with Gasteiger partial charge in [-0.1, -0.05) is 32.6 Å². The van der Waals surface area contributed by atoms with Crippen LogP contribution in [0.4, 0.5) is 0 Å². The lowest BCUT2D eigenvalue weighted by Crippen LogP contribution is -3.00. The fourth-order valence-electron chi connectivity index (χ4n) is 1.76. The average Bonchev–Trinajstić information content (AvgIpc) is 2.40. The SMILES string of the molecule is CCCCCCCC(=O)OCCC1=CC=CC=[N+]1.[Cl-]. The van der Waals surface area contributed by atoms with Gasteiger partial charge in [-0.25, -0.2) is 0 Å². The van der Waals surface area contributed by atoms with Crippen LogP contribution in [-0.2, 0) is 9.53 Å². The van der Waals surface area contributed by atoms with Crippen molar-refractivity contribution >= 4 is 12.2 Å². The van der Waals surface area contributed by atoms with E-state index in [-0.39, 0.29) is 18.4 Å². The average molecular weight is 285 g/mol. The number of carbonyl (C=O) groups is 1. The van der Waals surface area contributed by atoms with Gasteiger partial charge in [-0.05, 0) is 12.5 Å². The van der Waals surface area contributed by atoms with Crippen molar-refractivity contribution in [2.75, 3.05) is 6.61 Å². The minimum Gasteiger partial charge on any atom is -1.00 e. The van der Waals surface area contributed by atoms with Gasteiger partial charge in [0.15, 0.2) is 0 Å². The Kier molecular flexibility index (Phi) is 11.3. The van der Waals surface area contributed by atoms with E-state index < -0.39 is 0 Å². The molecule has 0 aromatic rings. The van der Waals surface area contributed by atoms with Gasteiger partial charge in [0.05, 0.1) is 11.4 Å². The lowest BCUT2D eigenvalue weighted by molar-refractivity contribution is -0.143. The quantitative estimate of drug-likeness (QED) is 0.447. The van der Waals surface area contributed by atoms with Crippen molar-refractivity contribution in [1.82, 2.24) is 4.99 Å². The molecule has 0 amide bonds. The number of esters is 1. The number of aliphatic imine (C=N–C) groups is 1. The Labute approximate surface area is 122 Å². The molecule has 1 heterocycles. The second-order valence-electron chi connectivity index (χ2n) is 4.46. The normalized spacial score (nSPS) is 12.8. The first-order valence-corrected chi connectivity index (χ1v) is 6.88. The molecule has 0 N–H and O–H groups in total. The van der Waals surface area contributed by atoms with E-state index >= 15 is 0 Å². The number of nitrogens with zero attached hydrogens (tertiary/aromatic N) is 1. The Morgan fingerprint density at radius 1 is 1.21 bits per heavy atom. The number of ether oxygens (including phenoxy) is 1. The minimum atomic E-state index is -0.0811. The number of allylic oxidation sites excluding steroid dienone is 3. The van der Waals surface area contributed by atoms with Crippen molar-refractivity contribution in [3.63, 3.8) is 0 Å². The molecule has 1 aliphatic heterocycles. The lowest BCUT2D eigenvalue weighted by atomic mass is 10.1. The van der Waals surface area contributed by atoms with E-state index in [0.29, 0.717) is 19.4 Å². The van der Waals surface area contributed by atoms with Crippen LogP contribution in [0.5, 0.6) is 0 Å². The van der Waals surface area contributed by atoms with Crippen LogP contribution < -0.4 is 17.4 Å². The molecule has 1 radical (unpaired) electrons. The highest BCUT2D eigenvalue weighted by molar-refractivity contribution is 5.72. The fraction of sp³-hybridized carbons (Fsp3) is 0.600. The van der Waals surface area contributed by atoms with Gasteiger partial charge >= 0.3 is 5.97 Å². The van der Waals surface area contributed by atoms with Crippen molar-refractivity contribution in [3.8, 4) is 0 Å². The molecule has 1 rings (SSSR count). The van der Waals surface area contributed by atoms with Crippen molar-refractivity contribution in [2.45, 2.75) is 51.9 Å². The summed E-state index contributed by atoms with van der Waals surface area (Å²) in [7, 11) is 0. The molecule has 0 aromatic carbocycles. The van der Waals surface area contributed by atoms with E-state index in [2.05, 4.69) is 11.9 Å². The molecular weight excluding hydrogens is 262 g/mol. The van der Waals surface area contributed by atoms with Crippen LogP contribution in [0.2, 0.25) is 0 Å². The summed E-state index contributed by atoms with van der Waals surface area (Å²) in [5.74, 6) is -0.0811. The number of unbranched alkanes of at least 4 members (excludes halogenated alkanes) is 4. The molecule has 0 fully saturated rings. The molecule has 0 saturated carbocycles. The Balaban J connectivity index is 0.00000324. The summed E-state index contributed by atoms with van der Waals surface area (Å²) in [6, 6.07) is 0. The zero-order valence-electron chi connectivity index (χ0n) is 11.6. The van der Waals surface area contributed by atoms with E-state index in [4.69, 9.17) is 4.74 Å². The second kappa shape index (κ2) is 12.0. The van der Waals surface area contributed by atoms with Crippen LogP contribution in [0, 0.1) is 0 Å². The summed E-state index contributed by atoms with van der Waals surface area (Å²) in [5, 5.41) is 0. The third kappa shape index (κ3) is 9.48. The molecule has 0 aromatic heterocycles. The van der Waals surface area contributed by atoms with Crippen LogP contribution in [0.25, 0.3) is 0 Å². The van der Waals surface area contributed by atoms with E-state index in [1.807, 2.05) is 18.2 Å². The van der Waals surface area contributed by atoms with Crippen LogP contribution in [-0.4, -0.2) is 18.8 Å². The Morgan fingerprint density at radius 2 is 2.00 bits per heavy atom. The topological polar surface area (TPSA) is 40.4 Å². The third-order valence-electron chi connectivity index (χ3n) is 2.83. The van der Waals surface area contributed by atoms with Crippen LogP contribution in [0.3, 0.4) is 0 Å². The van der Waals surface area contributed by atoms with Gasteiger partial charge in [-0.3, -0.25) is 4.79 Å². The van der Waals surface area contributed by atoms with Crippen LogP contribution in [0.15, 0.2) is 23.9 Å². The van der Waals surface area contributed by atoms with Crippen molar-refractivity contribution in [1.29, 1.82) is 0 Å². The summed E-state index contributed by atoms with van der Waals surface area (Å²) in [6.07, 6.45) is 14.5. The molecule has 0 aliphatic carbocycles.